The van der Waals surface area contributed by atoms with Crippen LogP contribution < -0.4 is 10.3 Å². The Balaban J connectivity index is 1.57. The van der Waals surface area contributed by atoms with Crippen LogP contribution in [0.15, 0.2) is 87.2 Å². The SMILES string of the molecule is Cc1nc2ccccc2c(=O)n1N=Cc1cc(Br)ccc1OC(=O)/C=C/c1ccc([N+](=O)[O-])cc1. The minimum Gasteiger partial charge on any atom is -0.423 e. The maximum Gasteiger partial charge on any atom is 0.336 e. The number of hydrogen-bond donors (Lipinski definition) is 0. The monoisotopic (exact) mass is 532 g/mol. The molecule has 174 valence electrons. The molecule has 1 heterocycles. The summed E-state index contributed by atoms with van der Waals surface area (Å²) in [4.78, 5) is 39.9. The smallest absolute Gasteiger partial charge is 0.336 e. The molecule has 0 aliphatic rings. The molecule has 0 N–H and O–H groups in total. The summed E-state index contributed by atoms with van der Waals surface area (Å²) >= 11 is 3.38. The lowest BCUT2D eigenvalue weighted by atomic mass is 10.2. The Labute approximate surface area is 207 Å². The van der Waals surface area contributed by atoms with Gasteiger partial charge in [-0.3, -0.25) is 14.9 Å². The van der Waals surface area contributed by atoms with Crippen molar-refractivity contribution in [1.29, 1.82) is 0 Å². The van der Waals surface area contributed by atoms with Crippen LogP contribution in [0.3, 0.4) is 0 Å². The summed E-state index contributed by atoms with van der Waals surface area (Å²) in [7, 11) is 0. The number of nitro groups is 1. The van der Waals surface area contributed by atoms with Gasteiger partial charge in [-0.15, -0.1) is 0 Å². The molecule has 0 aliphatic carbocycles. The molecule has 0 radical (unpaired) electrons. The van der Waals surface area contributed by atoms with Gasteiger partial charge < -0.3 is 4.74 Å². The number of aromatic nitrogens is 2. The van der Waals surface area contributed by atoms with Crippen molar-refractivity contribution < 1.29 is 14.5 Å². The molecule has 0 bridgehead atoms. The van der Waals surface area contributed by atoms with Crippen LogP contribution in [0.5, 0.6) is 5.75 Å². The fourth-order valence-electron chi connectivity index (χ4n) is 3.22. The highest BCUT2D eigenvalue weighted by molar-refractivity contribution is 9.10. The van der Waals surface area contributed by atoms with Gasteiger partial charge >= 0.3 is 5.97 Å². The fraction of sp³-hybridized carbons (Fsp3) is 0.0400. The van der Waals surface area contributed by atoms with Crippen LogP contribution in [-0.2, 0) is 4.79 Å². The molecular weight excluding hydrogens is 516 g/mol. The van der Waals surface area contributed by atoms with Gasteiger partial charge in [-0.25, -0.2) is 9.78 Å². The summed E-state index contributed by atoms with van der Waals surface area (Å²) in [5.41, 5.74) is 1.28. The molecule has 0 spiro atoms. The zero-order valence-corrected chi connectivity index (χ0v) is 19.9. The normalized spacial score (nSPS) is 11.4. The van der Waals surface area contributed by atoms with Crippen molar-refractivity contribution in [2.24, 2.45) is 5.10 Å². The summed E-state index contributed by atoms with van der Waals surface area (Å²) in [5, 5.41) is 15.5. The van der Waals surface area contributed by atoms with Gasteiger partial charge in [0, 0.05) is 28.2 Å². The lowest BCUT2D eigenvalue weighted by Crippen LogP contribution is -2.20. The second-order valence-electron chi connectivity index (χ2n) is 7.32. The highest BCUT2D eigenvalue weighted by atomic mass is 79.9. The van der Waals surface area contributed by atoms with Crippen molar-refractivity contribution in [2.45, 2.75) is 6.92 Å². The van der Waals surface area contributed by atoms with Crippen LogP contribution in [0.25, 0.3) is 17.0 Å². The molecule has 0 atom stereocenters. The van der Waals surface area contributed by atoms with E-state index in [1.165, 1.54) is 47.3 Å². The van der Waals surface area contributed by atoms with E-state index >= 15 is 0 Å². The third kappa shape index (κ3) is 5.56. The van der Waals surface area contributed by atoms with E-state index in [9.17, 15) is 19.7 Å². The number of fused-ring (bicyclic) bond motifs is 1. The predicted molar refractivity (Wildman–Crippen MR) is 136 cm³/mol. The molecule has 0 aliphatic heterocycles. The molecule has 0 amide bonds. The standard InChI is InChI=1S/C25H17BrN4O5/c1-16-28-22-5-3-2-4-21(22)25(32)29(16)27-15-18-14-19(26)9-12-23(18)35-24(31)13-8-17-6-10-20(11-7-17)30(33)34/h2-15H,1H3/b13-8+,27-15?. The third-order valence-corrected chi connectivity index (χ3v) is 5.42. The van der Waals surface area contributed by atoms with Gasteiger partial charge in [-0.2, -0.15) is 9.78 Å². The van der Waals surface area contributed by atoms with E-state index in [1.54, 1.807) is 49.4 Å². The first-order valence-electron chi connectivity index (χ1n) is 10.3. The van der Waals surface area contributed by atoms with Crippen molar-refractivity contribution in [2.75, 3.05) is 0 Å². The average molecular weight is 533 g/mol. The summed E-state index contributed by atoms with van der Waals surface area (Å²) in [5.74, 6) is -0.0136. The van der Waals surface area contributed by atoms with E-state index in [2.05, 4.69) is 26.0 Å². The topological polar surface area (TPSA) is 117 Å². The molecule has 9 nitrogen and oxygen atoms in total. The second-order valence-corrected chi connectivity index (χ2v) is 8.24. The molecule has 1 aromatic heterocycles. The number of halogens is 1. The van der Waals surface area contributed by atoms with E-state index < -0.39 is 10.9 Å². The molecule has 0 unspecified atom stereocenters. The number of benzene rings is 3. The van der Waals surface area contributed by atoms with E-state index in [0.717, 1.165) is 4.47 Å². The van der Waals surface area contributed by atoms with Gasteiger partial charge in [0.15, 0.2) is 0 Å². The van der Waals surface area contributed by atoms with E-state index in [-0.39, 0.29) is 17.0 Å². The first kappa shape index (κ1) is 23.7. The average Bonchev–Trinajstić information content (AvgIpc) is 2.84. The number of nitro benzene ring substituents is 1. The lowest BCUT2D eigenvalue weighted by molar-refractivity contribution is -0.384. The van der Waals surface area contributed by atoms with Crippen molar-refractivity contribution >= 4 is 50.8 Å². The van der Waals surface area contributed by atoms with Crippen molar-refractivity contribution in [1.82, 2.24) is 9.66 Å². The summed E-state index contributed by atoms with van der Waals surface area (Å²) in [6.07, 6.45) is 4.12. The Kier molecular flexibility index (Phi) is 6.93. The number of non-ortho nitro benzene ring substituents is 1. The van der Waals surface area contributed by atoms with Gasteiger partial charge in [0.25, 0.3) is 11.2 Å². The highest BCUT2D eigenvalue weighted by Crippen LogP contribution is 2.22. The van der Waals surface area contributed by atoms with E-state index in [4.69, 9.17) is 4.74 Å². The molecule has 0 fully saturated rings. The van der Waals surface area contributed by atoms with Gasteiger partial charge in [-0.05, 0) is 61.0 Å². The quantitative estimate of drug-likeness (QED) is 0.0872. The molecule has 10 heteroatoms. The number of hydrogen-bond acceptors (Lipinski definition) is 7. The Morgan fingerprint density at radius 2 is 1.89 bits per heavy atom. The number of ether oxygens (including phenoxy) is 1. The second kappa shape index (κ2) is 10.2. The van der Waals surface area contributed by atoms with Crippen LogP contribution in [0, 0.1) is 17.0 Å². The van der Waals surface area contributed by atoms with Crippen LogP contribution in [0.4, 0.5) is 5.69 Å². The largest absolute Gasteiger partial charge is 0.423 e. The maximum atomic E-state index is 12.8. The number of rotatable bonds is 6. The third-order valence-electron chi connectivity index (χ3n) is 4.93. The number of esters is 1. The Bertz CT molecular complexity index is 1560. The number of para-hydroxylation sites is 1. The molecular formula is C25H17BrN4O5. The number of nitrogens with zero attached hydrogens (tertiary/aromatic N) is 4. The first-order valence-corrected chi connectivity index (χ1v) is 11.1. The van der Waals surface area contributed by atoms with Crippen molar-refractivity contribution in [3.8, 4) is 5.75 Å². The molecule has 0 saturated carbocycles. The van der Waals surface area contributed by atoms with Crippen LogP contribution in [0.2, 0.25) is 0 Å². The van der Waals surface area contributed by atoms with E-state index in [0.29, 0.717) is 27.9 Å². The summed E-state index contributed by atoms with van der Waals surface area (Å²) in [6.45, 7) is 1.68. The van der Waals surface area contributed by atoms with Crippen LogP contribution in [-0.4, -0.2) is 26.8 Å². The minimum atomic E-state index is -0.652. The summed E-state index contributed by atoms with van der Waals surface area (Å²) < 4.78 is 7.36. The number of aryl methyl sites for hydroxylation is 1. The Morgan fingerprint density at radius 1 is 1.14 bits per heavy atom. The van der Waals surface area contributed by atoms with Crippen LogP contribution >= 0.6 is 15.9 Å². The predicted octanol–water partition coefficient (Wildman–Crippen LogP) is 4.88. The number of carbonyl (C=O) groups excluding carboxylic acids is 1. The van der Waals surface area contributed by atoms with Gasteiger partial charge in [0.05, 0.1) is 22.0 Å². The number of carbonyl (C=O) groups is 1. The first-order chi connectivity index (χ1) is 16.8. The van der Waals surface area contributed by atoms with Crippen LogP contribution in [0.1, 0.15) is 17.0 Å². The zero-order valence-electron chi connectivity index (χ0n) is 18.3. The Morgan fingerprint density at radius 3 is 2.63 bits per heavy atom. The van der Waals surface area contributed by atoms with Gasteiger partial charge in [-0.1, -0.05) is 28.1 Å². The molecule has 3 aromatic carbocycles. The fourth-order valence-corrected chi connectivity index (χ4v) is 3.60. The van der Waals surface area contributed by atoms with Gasteiger partial charge in [0.2, 0.25) is 0 Å². The molecule has 4 rings (SSSR count). The van der Waals surface area contributed by atoms with E-state index in [1.807, 2.05) is 0 Å². The molecule has 0 saturated heterocycles. The van der Waals surface area contributed by atoms with Gasteiger partial charge in [0.1, 0.15) is 11.6 Å². The van der Waals surface area contributed by atoms with Crippen molar-refractivity contribution in [3.63, 3.8) is 0 Å². The molecule has 4 aromatic rings. The zero-order chi connectivity index (χ0) is 24.9. The summed E-state index contributed by atoms with van der Waals surface area (Å²) in [6, 6.07) is 17.7. The highest BCUT2D eigenvalue weighted by Gasteiger charge is 2.10. The maximum absolute atomic E-state index is 12.8. The Hall–Kier alpha value is -4.44. The van der Waals surface area contributed by atoms with Crippen molar-refractivity contribution in [3.05, 3.63) is 115 Å². The lowest BCUT2D eigenvalue weighted by Gasteiger charge is -2.08. The minimum absolute atomic E-state index is 0.0422. The molecule has 35 heavy (non-hydrogen) atoms.